The van der Waals surface area contributed by atoms with E-state index in [9.17, 15) is 0 Å². The molecule has 0 aliphatic carbocycles. The summed E-state index contributed by atoms with van der Waals surface area (Å²) in [7, 11) is 0. The van der Waals surface area contributed by atoms with E-state index in [0.717, 1.165) is 9.24 Å². The molecular weight excluding hydrogens is 224 g/mol. The SMILES string of the molecule is Clc1csc(Sc2ccncc2)n1. The van der Waals surface area contributed by atoms with Crippen molar-refractivity contribution in [3.8, 4) is 0 Å². The van der Waals surface area contributed by atoms with E-state index in [4.69, 9.17) is 11.6 Å². The fraction of sp³-hybridized carbons (Fsp3) is 0. The van der Waals surface area contributed by atoms with E-state index in [2.05, 4.69) is 9.97 Å². The quantitative estimate of drug-likeness (QED) is 0.789. The lowest BCUT2D eigenvalue weighted by molar-refractivity contribution is 1.23. The van der Waals surface area contributed by atoms with E-state index in [1.807, 2.05) is 17.5 Å². The molecule has 0 saturated carbocycles. The molecule has 2 heterocycles. The summed E-state index contributed by atoms with van der Waals surface area (Å²) in [5.74, 6) is 0. The van der Waals surface area contributed by atoms with E-state index < -0.39 is 0 Å². The van der Waals surface area contributed by atoms with Crippen molar-refractivity contribution in [2.45, 2.75) is 9.24 Å². The number of hydrogen-bond acceptors (Lipinski definition) is 4. The molecule has 0 radical (unpaired) electrons. The second-order valence-electron chi connectivity index (χ2n) is 2.22. The van der Waals surface area contributed by atoms with Crippen LogP contribution in [0.3, 0.4) is 0 Å². The van der Waals surface area contributed by atoms with Gasteiger partial charge in [0.05, 0.1) is 0 Å². The van der Waals surface area contributed by atoms with Gasteiger partial charge in [-0.05, 0) is 12.1 Å². The molecule has 0 aliphatic heterocycles. The standard InChI is InChI=1S/C8H5ClN2S2/c9-7-5-12-8(11-7)13-6-1-3-10-4-2-6/h1-5H. The largest absolute Gasteiger partial charge is 0.265 e. The lowest BCUT2D eigenvalue weighted by atomic mass is 10.5. The normalized spacial score (nSPS) is 10.2. The Bertz CT molecular complexity index is 388. The van der Waals surface area contributed by atoms with Gasteiger partial charge in [-0.3, -0.25) is 4.98 Å². The van der Waals surface area contributed by atoms with Crippen molar-refractivity contribution in [1.29, 1.82) is 0 Å². The minimum atomic E-state index is 0.557. The first-order chi connectivity index (χ1) is 6.34. The third-order valence-electron chi connectivity index (χ3n) is 1.31. The highest BCUT2D eigenvalue weighted by molar-refractivity contribution is 8.01. The molecule has 0 aliphatic rings. The monoisotopic (exact) mass is 228 g/mol. The van der Waals surface area contributed by atoms with Crippen molar-refractivity contribution in [3.05, 3.63) is 35.1 Å². The minimum absolute atomic E-state index is 0.557. The molecule has 5 heteroatoms. The lowest BCUT2D eigenvalue weighted by Crippen LogP contribution is -1.72. The molecule has 0 fully saturated rings. The average Bonchev–Trinajstić information content (AvgIpc) is 2.53. The summed E-state index contributed by atoms with van der Waals surface area (Å²) in [6.45, 7) is 0. The number of aromatic nitrogens is 2. The second kappa shape index (κ2) is 4.09. The smallest absolute Gasteiger partial charge is 0.156 e. The number of halogens is 1. The fourth-order valence-corrected chi connectivity index (χ4v) is 2.74. The zero-order valence-corrected chi connectivity index (χ0v) is 8.86. The summed E-state index contributed by atoms with van der Waals surface area (Å²) in [4.78, 5) is 9.19. The molecule has 0 saturated heterocycles. The number of pyridine rings is 1. The Kier molecular flexibility index (Phi) is 2.83. The van der Waals surface area contributed by atoms with Crippen LogP contribution in [0, 0.1) is 0 Å². The molecule has 0 N–H and O–H groups in total. The van der Waals surface area contributed by atoms with Crippen LogP contribution in [0.15, 0.2) is 39.1 Å². The van der Waals surface area contributed by atoms with E-state index in [0.29, 0.717) is 5.15 Å². The van der Waals surface area contributed by atoms with Gasteiger partial charge in [0.1, 0.15) is 5.15 Å². The molecule has 0 unspecified atom stereocenters. The summed E-state index contributed by atoms with van der Waals surface area (Å²) in [5.41, 5.74) is 0. The highest BCUT2D eigenvalue weighted by Crippen LogP contribution is 2.30. The van der Waals surface area contributed by atoms with Gasteiger partial charge in [-0.2, -0.15) is 0 Å². The van der Waals surface area contributed by atoms with Crippen molar-refractivity contribution >= 4 is 34.7 Å². The molecule has 2 aromatic heterocycles. The number of rotatable bonds is 2. The molecular formula is C8H5ClN2S2. The third-order valence-corrected chi connectivity index (χ3v) is 3.58. The maximum absolute atomic E-state index is 5.70. The Hall–Kier alpha value is -0.580. The Labute approximate surface area is 89.0 Å². The molecule has 2 rings (SSSR count). The molecule has 0 bridgehead atoms. The van der Waals surface area contributed by atoms with Crippen LogP contribution < -0.4 is 0 Å². The summed E-state index contributed by atoms with van der Waals surface area (Å²) >= 11 is 8.84. The van der Waals surface area contributed by atoms with Gasteiger partial charge >= 0.3 is 0 Å². The summed E-state index contributed by atoms with van der Waals surface area (Å²) in [6.07, 6.45) is 3.52. The van der Waals surface area contributed by atoms with Gasteiger partial charge in [-0.1, -0.05) is 23.4 Å². The molecule has 66 valence electrons. The zero-order valence-electron chi connectivity index (χ0n) is 6.48. The Balaban J connectivity index is 2.15. The van der Waals surface area contributed by atoms with Gasteiger partial charge in [0.15, 0.2) is 4.34 Å². The van der Waals surface area contributed by atoms with Gasteiger partial charge in [0.2, 0.25) is 0 Å². The Morgan fingerprint density at radius 2 is 2.08 bits per heavy atom. The number of hydrogen-bond donors (Lipinski definition) is 0. The van der Waals surface area contributed by atoms with Crippen LogP contribution in [0.5, 0.6) is 0 Å². The van der Waals surface area contributed by atoms with Crippen LogP contribution in [0.1, 0.15) is 0 Å². The van der Waals surface area contributed by atoms with Crippen LogP contribution in [0.25, 0.3) is 0 Å². The molecule has 2 aromatic rings. The van der Waals surface area contributed by atoms with Crippen molar-refractivity contribution in [2.75, 3.05) is 0 Å². The lowest BCUT2D eigenvalue weighted by Gasteiger charge is -1.94. The van der Waals surface area contributed by atoms with Crippen LogP contribution >= 0.6 is 34.7 Å². The Morgan fingerprint density at radius 3 is 2.69 bits per heavy atom. The van der Waals surface area contributed by atoms with Gasteiger partial charge < -0.3 is 0 Å². The van der Waals surface area contributed by atoms with E-state index in [-0.39, 0.29) is 0 Å². The second-order valence-corrected chi connectivity index (χ2v) is 4.79. The van der Waals surface area contributed by atoms with Gasteiger partial charge in [0, 0.05) is 22.7 Å². The zero-order chi connectivity index (χ0) is 9.10. The number of nitrogens with zero attached hydrogens (tertiary/aromatic N) is 2. The molecule has 0 atom stereocenters. The fourth-order valence-electron chi connectivity index (χ4n) is 0.793. The first kappa shape index (κ1) is 8.99. The van der Waals surface area contributed by atoms with Crippen molar-refractivity contribution in [1.82, 2.24) is 9.97 Å². The van der Waals surface area contributed by atoms with Crippen molar-refractivity contribution in [3.63, 3.8) is 0 Å². The summed E-state index contributed by atoms with van der Waals surface area (Å²) < 4.78 is 0.955. The average molecular weight is 229 g/mol. The highest BCUT2D eigenvalue weighted by Gasteiger charge is 2.01. The minimum Gasteiger partial charge on any atom is -0.265 e. The first-order valence-corrected chi connectivity index (χ1v) is 5.61. The van der Waals surface area contributed by atoms with Gasteiger partial charge in [-0.25, -0.2) is 4.98 Å². The van der Waals surface area contributed by atoms with Crippen LogP contribution in [0.4, 0.5) is 0 Å². The summed E-state index contributed by atoms with van der Waals surface area (Å²) in [5, 5.41) is 2.38. The summed E-state index contributed by atoms with van der Waals surface area (Å²) in [6, 6.07) is 3.89. The van der Waals surface area contributed by atoms with Crippen molar-refractivity contribution < 1.29 is 0 Å². The predicted molar refractivity (Wildman–Crippen MR) is 55.5 cm³/mol. The van der Waals surface area contributed by atoms with Gasteiger partial charge in [0.25, 0.3) is 0 Å². The topological polar surface area (TPSA) is 25.8 Å². The molecule has 13 heavy (non-hydrogen) atoms. The molecule has 0 amide bonds. The maximum Gasteiger partial charge on any atom is 0.156 e. The third kappa shape index (κ3) is 2.43. The van der Waals surface area contributed by atoms with E-state index in [1.165, 1.54) is 0 Å². The molecule has 0 spiro atoms. The first-order valence-electron chi connectivity index (χ1n) is 3.53. The maximum atomic E-state index is 5.70. The van der Waals surface area contributed by atoms with Crippen LogP contribution in [-0.4, -0.2) is 9.97 Å². The van der Waals surface area contributed by atoms with E-state index >= 15 is 0 Å². The number of thiazole rings is 1. The van der Waals surface area contributed by atoms with Crippen LogP contribution in [-0.2, 0) is 0 Å². The van der Waals surface area contributed by atoms with Crippen LogP contribution in [0.2, 0.25) is 5.15 Å². The Morgan fingerprint density at radius 1 is 1.31 bits per heavy atom. The highest BCUT2D eigenvalue weighted by atomic mass is 35.5. The van der Waals surface area contributed by atoms with E-state index in [1.54, 1.807) is 35.5 Å². The predicted octanol–water partition coefficient (Wildman–Crippen LogP) is 3.34. The molecule has 2 nitrogen and oxygen atoms in total. The molecule has 0 aromatic carbocycles. The van der Waals surface area contributed by atoms with Crippen molar-refractivity contribution in [2.24, 2.45) is 0 Å². The van der Waals surface area contributed by atoms with Gasteiger partial charge in [-0.15, -0.1) is 11.3 Å².